The van der Waals surface area contributed by atoms with Gasteiger partial charge in [0.05, 0.1) is 13.1 Å². The molecule has 7 heteroatoms. The van der Waals surface area contributed by atoms with Crippen LogP contribution in [-0.2, 0) is 11.3 Å². The third kappa shape index (κ3) is 3.40. The number of rotatable bonds is 5. The molecule has 2 heterocycles. The zero-order valence-electron chi connectivity index (χ0n) is 10.8. The van der Waals surface area contributed by atoms with Crippen LogP contribution >= 0.6 is 22.9 Å². The number of nitrogens with zero attached hydrogens (tertiary/aromatic N) is 3. The van der Waals surface area contributed by atoms with Crippen molar-refractivity contribution in [1.29, 1.82) is 0 Å². The Morgan fingerprint density at radius 3 is 2.89 bits per heavy atom. The summed E-state index contributed by atoms with van der Waals surface area (Å²) in [4.78, 5) is 22.6. The molecule has 2 aromatic heterocycles. The van der Waals surface area contributed by atoms with Gasteiger partial charge in [-0.25, -0.2) is 9.97 Å². The smallest absolute Gasteiger partial charge is 0.231 e. The summed E-state index contributed by atoms with van der Waals surface area (Å²) >= 11 is 7.64. The van der Waals surface area contributed by atoms with Gasteiger partial charge in [-0.15, -0.1) is 11.3 Å². The van der Waals surface area contributed by atoms with Crippen LogP contribution in [0.25, 0.3) is 10.2 Å². The molecule has 2 N–H and O–H groups in total. The molecule has 0 atom stereocenters. The van der Waals surface area contributed by atoms with Gasteiger partial charge in [0.25, 0.3) is 0 Å². The van der Waals surface area contributed by atoms with Crippen LogP contribution in [0.5, 0.6) is 0 Å². The van der Waals surface area contributed by atoms with E-state index in [-0.39, 0.29) is 18.5 Å². The Balaban J connectivity index is 2.25. The summed E-state index contributed by atoms with van der Waals surface area (Å²) in [5.41, 5.74) is 5.24. The molecule has 0 aliphatic rings. The lowest BCUT2D eigenvalue weighted by Gasteiger charge is -2.23. The molecule has 102 valence electrons. The van der Waals surface area contributed by atoms with Crippen molar-refractivity contribution in [3.05, 3.63) is 22.4 Å². The number of primary amides is 1. The number of thiophene rings is 1. The summed E-state index contributed by atoms with van der Waals surface area (Å²) in [6.07, 6.45) is 0. The van der Waals surface area contributed by atoms with Crippen molar-refractivity contribution in [3.63, 3.8) is 0 Å². The molecular formula is C12H15ClN4OS. The summed E-state index contributed by atoms with van der Waals surface area (Å²) in [5.74, 6) is 0.242. The number of hydrogen-bond donors (Lipinski definition) is 1. The number of aromatic nitrogens is 2. The number of fused-ring (bicyclic) bond motifs is 1. The van der Waals surface area contributed by atoms with Gasteiger partial charge in [-0.2, -0.15) is 0 Å². The van der Waals surface area contributed by atoms with Gasteiger partial charge in [0.2, 0.25) is 5.91 Å². The number of amides is 1. The van der Waals surface area contributed by atoms with E-state index in [1.807, 2.05) is 30.2 Å². The zero-order valence-corrected chi connectivity index (χ0v) is 12.3. The Hall–Kier alpha value is -1.24. The molecule has 0 saturated heterocycles. The van der Waals surface area contributed by atoms with Gasteiger partial charge in [0.15, 0.2) is 0 Å². The SMILES string of the molecule is CC(C)N(CC(N)=O)Cc1nc(Cl)c2ccsc2n1. The minimum atomic E-state index is -0.364. The first kappa shape index (κ1) is 14.2. The fourth-order valence-electron chi connectivity index (χ4n) is 1.73. The maximum atomic E-state index is 11.1. The number of halogens is 1. The molecule has 2 rings (SSSR count). The van der Waals surface area contributed by atoms with Crippen molar-refractivity contribution in [3.8, 4) is 0 Å². The van der Waals surface area contributed by atoms with E-state index in [1.165, 1.54) is 11.3 Å². The highest BCUT2D eigenvalue weighted by Crippen LogP contribution is 2.25. The van der Waals surface area contributed by atoms with Crippen molar-refractivity contribution >= 4 is 39.1 Å². The second-order valence-electron chi connectivity index (χ2n) is 4.54. The zero-order chi connectivity index (χ0) is 14.0. The fourth-order valence-corrected chi connectivity index (χ4v) is 2.82. The van der Waals surface area contributed by atoms with E-state index in [2.05, 4.69) is 9.97 Å². The second-order valence-corrected chi connectivity index (χ2v) is 5.79. The second kappa shape index (κ2) is 5.81. The van der Waals surface area contributed by atoms with Gasteiger partial charge < -0.3 is 5.73 Å². The van der Waals surface area contributed by atoms with E-state index in [4.69, 9.17) is 17.3 Å². The van der Waals surface area contributed by atoms with Crippen LogP contribution in [0.4, 0.5) is 0 Å². The predicted octanol–water partition coefficient (Wildman–Crippen LogP) is 2.04. The average Bonchev–Trinajstić information content (AvgIpc) is 2.76. The minimum Gasteiger partial charge on any atom is -0.369 e. The molecule has 5 nitrogen and oxygen atoms in total. The predicted molar refractivity (Wildman–Crippen MR) is 77.2 cm³/mol. The topological polar surface area (TPSA) is 72.1 Å². The van der Waals surface area contributed by atoms with Gasteiger partial charge in [0, 0.05) is 11.4 Å². The van der Waals surface area contributed by atoms with Crippen molar-refractivity contribution in [2.75, 3.05) is 6.54 Å². The van der Waals surface area contributed by atoms with E-state index in [9.17, 15) is 4.79 Å². The largest absolute Gasteiger partial charge is 0.369 e. The number of carbonyl (C=O) groups is 1. The fraction of sp³-hybridized carbons (Fsp3) is 0.417. The number of carbonyl (C=O) groups excluding carboxylic acids is 1. The Kier molecular flexibility index (Phi) is 4.34. The Morgan fingerprint density at radius 1 is 1.53 bits per heavy atom. The molecule has 2 aromatic rings. The quantitative estimate of drug-likeness (QED) is 0.858. The molecular weight excluding hydrogens is 284 g/mol. The van der Waals surface area contributed by atoms with Crippen molar-refractivity contribution in [2.24, 2.45) is 5.73 Å². The molecule has 0 aliphatic heterocycles. The van der Waals surface area contributed by atoms with E-state index < -0.39 is 0 Å². The molecule has 0 aromatic carbocycles. The Morgan fingerprint density at radius 2 is 2.26 bits per heavy atom. The normalized spacial score (nSPS) is 11.6. The maximum Gasteiger partial charge on any atom is 0.231 e. The summed E-state index contributed by atoms with van der Waals surface area (Å²) in [6.45, 7) is 4.62. The molecule has 0 bridgehead atoms. The minimum absolute atomic E-state index is 0.175. The molecule has 0 unspecified atom stereocenters. The van der Waals surface area contributed by atoms with Crippen LogP contribution in [0.2, 0.25) is 5.15 Å². The van der Waals surface area contributed by atoms with Crippen LogP contribution in [0.3, 0.4) is 0 Å². The summed E-state index contributed by atoms with van der Waals surface area (Å²) < 4.78 is 0. The van der Waals surface area contributed by atoms with Crippen LogP contribution in [0.1, 0.15) is 19.7 Å². The highest BCUT2D eigenvalue weighted by molar-refractivity contribution is 7.16. The van der Waals surface area contributed by atoms with Crippen molar-refractivity contribution in [2.45, 2.75) is 26.4 Å². The van der Waals surface area contributed by atoms with Crippen LogP contribution < -0.4 is 5.73 Å². The van der Waals surface area contributed by atoms with Crippen LogP contribution in [0, 0.1) is 0 Å². The highest BCUT2D eigenvalue weighted by Gasteiger charge is 2.15. The van der Waals surface area contributed by atoms with Gasteiger partial charge in [-0.3, -0.25) is 9.69 Å². The summed E-state index contributed by atoms with van der Waals surface area (Å²) in [7, 11) is 0. The third-order valence-corrected chi connectivity index (χ3v) is 3.85. The first-order valence-corrected chi connectivity index (χ1v) is 7.15. The molecule has 0 radical (unpaired) electrons. The lowest BCUT2D eigenvalue weighted by Crippen LogP contribution is -2.38. The van der Waals surface area contributed by atoms with Crippen molar-refractivity contribution in [1.82, 2.24) is 14.9 Å². The first-order valence-electron chi connectivity index (χ1n) is 5.89. The molecule has 0 aliphatic carbocycles. The van der Waals surface area contributed by atoms with Crippen LogP contribution in [0.15, 0.2) is 11.4 Å². The Labute approximate surface area is 120 Å². The van der Waals surface area contributed by atoms with Gasteiger partial charge in [-0.1, -0.05) is 11.6 Å². The first-order chi connectivity index (χ1) is 8.97. The van der Waals surface area contributed by atoms with Gasteiger partial charge >= 0.3 is 0 Å². The monoisotopic (exact) mass is 298 g/mol. The van der Waals surface area contributed by atoms with E-state index in [1.54, 1.807) is 0 Å². The average molecular weight is 299 g/mol. The lowest BCUT2D eigenvalue weighted by atomic mass is 10.3. The molecule has 19 heavy (non-hydrogen) atoms. The molecule has 0 saturated carbocycles. The maximum absolute atomic E-state index is 11.1. The summed E-state index contributed by atoms with van der Waals surface area (Å²) in [5, 5.41) is 3.24. The molecule has 0 spiro atoms. The summed E-state index contributed by atoms with van der Waals surface area (Å²) in [6, 6.07) is 2.07. The van der Waals surface area contributed by atoms with Gasteiger partial charge in [0.1, 0.15) is 15.8 Å². The number of nitrogens with two attached hydrogens (primary N) is 1. The van der Waals surface area contributed by atoms with E-state index in [0.29, 0.717) is 17.5 Å². The van der Waals surface area contributed by atoms with E-state index in [0.717, 1.165) is 10.2 Å². The highest BCUT2D eigenvalue weighted by atomic mass is 35.5. The van der Waals surface area contributed by atoms with Gasteiger partial charge in [-0.05, 0) is 25.3 Å². The van der Waals surface area contributed by atoms with Crippen molar-refractivity contribution < 1.29 is 4.79 Å². The standard InChI is InChI=1S/C12H15ClN4OS/c1-7(2)17(5-9(14)18)6-10-15-11(13)8-3-4-19-12(8)16-10/h3-4,7H,5-6H2,1-2H3,(H2,14,18). The molecule has 1 amide bonds. The number of hydrogen-bond acceptors (Lipinski definition) is 5. The van der Waals surface area contributed by atoms with E-state index >= 15 is 0 Å². The lowest BCUT2D eigenvalue weighted by molar-refractivity contribution is -0.119. The van der Waals surface area contributed by atoms with Crippen LogP contribution in [-0.4, -0.2) is 33.4 Å². The molecule has 0 fully saturated rings. The third-order valence-electron chi connectivity index (χ3n) is 2.76. The Bertz CT molecular complexity index is 598.